The van der Waals surface area contributed by atoms with Gasteiger partial charge < -0.3 is 14.6 Å². The first-order valence-corrected chi connectivity index (χ1v) is 17.2. The van der Waals surface area contributed by atoms with E-state index in [1.54, 1.807) is 48.6 Å². The maximum Gasteiger partial charge on any atom is 0.331 e. The first-order valence-electron chi connectivity index (χ1n) is 17.2. The summed E-state index contributed by atoms with van der Waals surface area (Å²) in [5.74, 6) is 0.665. The van der Waals surface area contributed by atoms with Gasteiger partial charge in [-0.05, 0) is 133 Å². The zero-order chi connectivity index (χ0) is 32.6. The molecule has 0 aliphatic heterocycles. The molecule has 5 nitrogen and oxygen atoms in total. The van der Waals surface area contributed by atoms with Crippen molar-refractivity contribution in [3.63, 3.8) is 0 Å². The van der Waals surface area contributed by atoms with Crippen molar-refractivity contribution >= 4 is 18.0 Å². The molecule has 0 bridgehead atoms. The highest BCUT2D eigenvalue weighted by atomic mass is 16.5. The van der Waals surface area contributed by atoms with Gasteiger partial charge in [-0.15, -0.1) is 0 Å². The molecule has 0 radical (unpaired) electrons. The van der Waals surface area contributed by atoms with Crippen molar-refractivity contribution in [2.45, 2.75) is 112 Å². The van der Waals surface area contributed by atoms with Crippen molar-refractivity contribution in [3.05, 3.63) is 59.2 Å². The summed E-state index contributed by atoms with van der Waals surface area (Å²) in [6.45, 7) is 16.8. The number of phenolic OH excluding ortho intramolecular Hbond substituents is 1. The van der Waals surface area contributed by atoms with E-state index in [1.165, 1.54) is 18.9 Å². The highest BCUT2D eigenvalue weighted by Gasteiger charge is 2.66. The van der Waals surface area contributed by atoms with Gasteiger partial charge >= 0.3 is 11.9 Å². The van der Waals surface area contributed by atoms with Crippen LogP contribution in [0.2, 0.25) is 0 Å². The molecule has 1 N–H and O–H groups in total. The standard InChI is InChI=1S/C40H54O5/c1-35(2)30-15-14-29-28(38(30,5)19-18-32(35)45-33(42)16-11-26-9-12-27(41)13-10-26)17-20-40(7)31-25-37(4,34(43)44-8)22-21-36(31,3)23-24-39(29,40)6/h9-14,16-17,30-32,41H,15,18-25H2,1-8H3/t30-,31+,32+,36+,37+,38+,39+,40-/m0/s1. The molecule has 5 aliphatic rings. The highest BCUT2D eigenvalue weighted by Crippen LogP contribution is 2.74. The average Bonchev–Trinajstić information content (AvgIpc) is 3.00. The van der Waals surface area contributed by atoms with Gasteiger partial charge in [-0.1, -0.05) is 65.8 Å². The van der Waals surface area contributed by atoms with Crippen LogP contribution in [0.15, 0.2) is 53.6 Å². The summed E-state index contributed by atoms with van der Waals surface area (Å²) in [6.07, 6.45) is 17.4. The second kappa shape index (κ2) is 10.6. The molecule has 1 aromatic rings. The molecular weight excluding hydrogens is 560 g/mol. The fourth-order valence-corrected chi connectivity index (χ4v) is 11.2. The number of carbonyl (C=O) groups excluding carboxylic acids is 2. The van der Waals surface area contributed by atoms with Crippen molar-refractivity contribution in [1.82, 2.24) is 0 Å². The van der Waals surface area contributed by atoms with Crippen LogP contribution in [0.4, 0.5) is 0 Å². The number of phenols is 1. The van der Waals surface area contributed by atoms with E-state index in [9.17, 15) is 14.7 Å². The molecule has 0 amide bonds. The number of carbonyl (C=O) groups is 2. The van der Waals surface area contributed by atoms with E-state index in [0.717, 1.165) is 50.5 Å². The van der Waals surface area contributed by atoms with Crippen molar-refractivity contribution in [1.29, 1.82) is 0 Å². The second-order valence-electron chi connectivity index (χ2n) is 17.1. The minimum atomic E-state index is -0.415. The summed E-state index contributed by atoms with van der Waals surface area (Å²) in [6, 6.07) is 6.79. The van der Waals surface area contributed by atoms with E-state index in [0.29, 0.717) is 11.8 Å². The molecule has 0 unspecified atom stereocenters. The predicted octanol–water partition coefficient (Wildman–Crippen LogP) is 9.21. The quantitative estimate of drug-likeness (QED) is 0.270. The Morgan fingerprint density at radius 2 is 1.56 bits per heavy atom. The number of methoxy groups -OCH3 is 1. The van der Waals surface area contributed by atoms with Gasteiger partial charge in [0.1, 0.15) is 11.9 Å². The molecule has 0 aromatic heterocycles. The van der Waals surface area contributed by atoms with E-state index in [4.69, 9.17) is 9.47 Å². The Morgan fingerprint density at radius 3 is 2.24 bits per heavy atom. The van der Waals surface area contributed by atoms with Gasteiger partial charge in [0.05, 0.1) is 12.5 Å². The van der Waals surface area contributed by atoms with Gasteiger partial charge in [0, 0.05) is 11.5 Å². The topological polar surface area (TPSA) is 72.8 Å². The Balaban J connectivity index is 1.26. The zero-order valence-corrected chi connectivity index (χ0v) is 28.8. The van der Waals surface area contributed by atoms with Crippen LogP contribution < -0.4 is 0 Å². The van der Waals surface area contributed by atoms with Gasteiger partial charge in [-0.25, -0.2) is 4.79 Å². The number of hydrogen-bond donors (Lipinski definition) is 1. The van der Waals surface area contributed by atoms with Crippen molar-refractivity contribution in [2.75, 3.05) is 7.11 Å². The van der Waals surface area contributed by atoms with E-state index in [2.05, 4.69) is 60.6 Å². The molecule has 244 valence electrons. The molecule has 0 spiro atoms. The molecular formula is C40H54O5. The molecule has 1 aromatic carbocycles. The lowest BCUT2D eigenvalue weighted by molar-refractivity contribution is -0.174. The molecule has 3 fully saturated rings. The van der Waals surface area contributed by atoms with Crippen LogP contribution in [0, 0.1) is 44.3 Å². The number of ether oxygens (including phenoxy) is 2. The molecule has 3 saturated carbocycles. The number of esters is 2. The van der Waals surface area contributed by atoms with E-state index in [1.807, 2.05) is 0 Å². The maximum atomic E-state index is 13.0. The SMILES string of the molecule is COC(=O)[C@]1(C)CC[C@]2(C)CC[C@]3(C)C4=CC[C@H]5C(C)(C)[C@H](OC(=O)C=Cc6ccc(O)cc6)CC[C@]5(C)C4=CC[C@@]3(C)[C@@H]2C1. The molecule has 0 saturated heterocycles. The summed E-state index contributed by atoms with van der Waals surface area (Å²) in [5.41, 5.74) is 3.74. The number of hydrogen-bond acceptors (Lipinski definition) is 5. The van der Waals surface area contributed by atoms with Crippen molar-refractivity contribution < 1.29 is 24.2 Å². The number of aromatic hydroxyl groups is 1. The summed E-state index contributed by atoms with van der Waals surface area (Å²) < 4.78 is 11.5. The lowest BCUT2D eigenvalue weighted by Gasteiger charge is -2.68. The van der Waals surface area contributed by atoms with Crippen molar-refractivity contribution in [3.8, 4) is 5.75 Å². The summed E-state index contributed by atoms with van der Waals surface area (Å²) >= 11 is 0. The normalized spacial score (nSPS) is 41.8. The third kappa shape index (κ3) is 4.76. The van der Waals surface area contributed by atoms with Crippen LogP contribution in [-0.2, 0) is 19.1 Å². The van der Waals surface area contributed by atoms with Gasteiger partial charge in [-0.2, -0.15) is 0 Å². The molecule has 45 heavy (non-hydrogen) atoms. The largest absolute Gasteiger partial charge is 0.508 e. The Kier molecular flexibility index (Phi) is 7.57. The Labute approximate surface area is 270 Å². The van der Waals surface area contributed by atoms with E-state index in [-0.39, 0.29) is 50.9 Å². The molecule has 6 rings (SSSR count). The molecule has 0 heterocycles. The van der Waals surface area contributed by atoms with Crippen molar-refractivity contribution in [2.24, 2.45) is 44.3 Å². The van der Waals surface area contributed by atoms with Gasteiger partial charge in [0.25, 0.3) is 0 Å². The minimum Gasteiger partial charge on any atom is -0.508 e. The van der Waals surface area contributed by atoms with Crippen LogP contribution >= 0.6 is 0 Å². The molecule has 8 atom stereocenters. The number of allylic oxidation sites excluding steroid dienone is 4. The third-order valence-corrected chi connectivity index (χ3v) is 14.4. The Bertz CT molecular complexity index is 1470. The fraction of sp³-hybridized carbons (Fsp3) is 0.650. The predicted molar refractivity (Wildman–Crippen MR) is 178 cm³/mol. The smallest absolute Gasteiger partial charge is 0.331 e. The fourth-order valence-electron chi connectivity index (χ4n) is 11.2. The van der Waals surface area contributed by atoms with Crippen LogP contribution in [-0.4, -0.2) is 30.3 Å². The highest BCUT2D eigenvalue weighted by molar-refractivity contribution is 5.87. The van der Waals surface area contributed by atoms with Gasteiger partial charge in [0.2, 0.25) is 0 Å². The van der Waals surface area contributed by atoms with Crippen LogP contribution in [0.25, 0.3) is 6.08 Å². The van der Waals surface area contributed by atoms with Crippen LogP contribution in [0.1, 0.15) is 112 Å². The Morgan fingerprint density at radius 1 is 0.867 bits per heavy atom. The monoisotopic (exact) mass is 614 g/mol. The Hall–Kier alpha value is -2.82. The summed E-state index contributed by atoms with van der Waals surface area (Å²) in [5, 5.41) is 9.54. The third-order valence-electron chi connectivity index (χ3n) is 14.4. The molecule has 5 heteroatoms. The number of benzene rings is 1. The van der Waals surface area contributed by atoms with Crippen LogP contribution in [0.3, 0.4) is 0 Å². The molecule has 5 aliphatic carbocycles. The summed E-state index contributed by atoms with van der Waals surface area (Å²) in [7, 11) is 1.54. The van der Waals surface area contributed by atoms with E-state index >= 15 is 0 Å². The van der Waals surface area contributed by atoms with Gasteiger partial charge in [-0.3, -0.25) is 4.79 Å². The minimum absolute atomic E-state index is 0.0244. The van der Waals surface area contributed by atoms with Gasteiger partial charge in [0.15, 0.2) is 0 Å². The lowest BCUT2D eigenvalue weighted by Crippen LogP contribution is -2.61. The number of rotatable bonds is 4. The lowest BCUT2D eigenvalue weighted by atomic mass is 9.35. The zero-order valence-electron chi connectivity index (χ0n) is 28.8. The average molecular weight is 615 g/mol. The first-order chi connectivity index (χ1) is 21.0. The summed E-state index contributed by atoms with van der Waals surface area (Å²) in [4.78, 5) is 26.0. The number of fused-ring (bicyclic) bond motifs is 7. The maximum absolute atomic E-state index is 13.0. The van der Waals surface area contributed by atoms with Crippen LogP contribution in [0.5, 0.6) is 5.75 Å². The second-order valence-corrected chi connectivity index (χ2v) is 17.1. The first kappa shape index (κ1) is 32.1. The van der Waals surface area contributed by atoms with E-state index < -0.39 is 5.41 Å².